The molecule has 0 aliphatic heterocycles. The van der Waals surface area contributed by atoms with Gasteiger partial charge < -0.3 is 11.1 Å². The van der Waals surface area contributed by atoms with Crippen LogP contribution in [0.1, 0.15) is 31.4 Å². The Morgan fingerprint density at radius 1 is 1.39 bits per heavy atom. The monoisotopic (exact) mass is 248 g/mol. The van der Waals surface area contributed by atoms with Crippen molar-refractivity contribution in [3.05, 3.63) is 35.4 Å². The van der Waals surface area contributed by atoms with Gasteiger partial charge in [-0.05, 0) is 31.2 Å². The Balaban J connectivity index is 2.31. The summed E-state index contributed by atoms with van der Waals surface area (Å²) >= 11 is 0. The number of hydrogen-bond acceptors (Lipinski definition) is 2. The van der Waals surface area contributed by atoms with Gasteiger partial charge in [-0.25, -0.2) is 0 Å². The maximum atomic E-state index is 11.7. The van der Waals surface area contributed by atoms with E-state index in [1.165, 1.54) is 11.1 Å². The van der Waals surface area contributed by atoms with Crippen LogP contribution in [0.5, 0.6) is 0 Å². The van der Waals surface area contributed by atoms with Crippen molar-refractivity contribution in [1.82, 2.24) is 5.32 Å². The van der Waals surface area contributed by atoms with Crippen molar-refractivity contribution in [2.75, 3.05) is 6.54 Å². The molecule has 0 unspecified atom stereocenters. The molecule has 0 fully saturated rings. The molecule has 0 radical (unpaired) electrons. The molecule has 18 heavy (non-hydrogen) atoms. The van der Waals surface area contributed by atoms with Crippen molar-refractivity contribution in [2.45, 2.75) is 39.7 Å². The van der Waals surface area contributed by atoms with E-state index in [4.69, 9.17) is 5.73 Å². The van der Waals surface area contributed by atoms with Crippen LogP contribution in [0, 0.1) is 12.8 Å². The van der Waals surface area contributed by atoms with Gasteiger partial charge in [0.1, 0.15) is 0 Å². The van der Waals surface area contributed by atoms with E-state index >= 15 is 0 Å². The molecular formula is C15H24N2O. The third-order valence-electron chi connectivity index (χ3n) is 2.86. The van der Waals surface area contributed by atoms with E-state index in [-0.39, 0.29) is 11.9 Å². The second kappa shape index (κ2) is 7.17. The smallest absolute Gasteiger partial charge is 0.236 e. The lowest BCUT2D eigenvalue weighted by atomic mass is 10.0. The summed E-state index contributed by atoms with van der Waals surface area (Å²) in [7, 11) is 0. The minimum atomic E-state index is -0.387. The van der Waals surface area contributed by atoms with Gasteiger partial charge in [0.15, 0.2) is 0 Å². The fraction of sp³-hybridized carbons (Fsp3) is 0.533. The highest BCUT2D eigenvalue weighted by Crippen LogP contribution is 2.05. The molecule has 0 spiro atoms. The first kappa shape index (κ1) is 14.7. The average Bonchev–Trinajstić information content (AvgIpc) is 2.28. The summed E-state index contributed by atoms with van der Waals surface area (Å²) in [6, 6.07) is 7.94. The number of nitrogens with two attached hydrogens (primary N) is 1. The largest absolute Gasteiger partial charge is 0.354 e. The van der Waals surface area contributed by atoms with Gasteiger partial charge in [-0.1, -0.05) is 43.7 Å². The lowest BCUT2D eigenvalue weighted by Gasteiger charge is -2.14. The molecule has 1 amide bonds. The van der Waals surface area contributed by atoms with Crippen molar-refractivity contribution < 1.29 is 4.79 Å². The highest BCUT2D eigenvalue weighted by molar-refractivity contribution is 5.81. The topological polar surface area (TPSA) is 55.1 Å². The molecule has 0 aliphatic carbocycles. The zero-order chi connectivity index (χ0) is 13.5. The molecule has 1 aromatic carbocycles. The van der Waals surface area contributed by atoms with Gasteiger partial charge >= 0.3 is 0 Å². The Kier molecular flexibility index (Phi) is 5.86. The second-order valence-electron chi connectivity index (χ2n) is 5.27. The number of amides is 1. The van der Waals surface area contributed by atoms with Crippen LogP contribution in [0.2, 0.25) is 0 Å². The summed E-state index contributed by atoms with van der Waals surface area (Å²) in [6.45, 7) is 6.86. The Bertz CT molecular complexity index is 388. The summed E-state index contributed by atoms with van der Waals surface area (Å²) in [5.74, 6) is 0.402. The van der Waals surface area contributed by atoms with Gasteiger partial charge in [0.05, 0.1) is 6.04 Å². The number of nitrogens with one attached hydrogen (secondary N) is 1. The lowest BCUT2D eigenvalue weighted by Crippen LogP contribution is -2.42. The molecule has 1 atom stereocenters. The predicted molar refractivity (Wildman–Crippen MR) is 75.3 cm³/mol. The van der Waals surface area contributed by atoms with Crippen LogP contribution < -0.4 is 11.1 Å². The zero-order valence-corrected chi connectivity index (χ0v) is 11.6. The van der Waals surface area contributed by atoms with Gasteiger partial charge in [-0.15, -0.1) is 0 Å². The maximum absolute atomic E-state index is 11.7. The minimum absolute atomic E-state index is 0.0450. The van der Waals surface area contributed by atoms with Gasteiger partial charge in [0, 0.05) is 6.54 Å². The molecule has 0 aliphatic rings. The molecular weight excluding hydrogens is 224 g/mol. The summed E-state index contributed by atoms with van der Waals surface area (Å²) in [4.78, 5) is 11.7. The fourth-order valence-electron chi connectivity index (χ4n) is 1.94. The first-order valence-corrected chi connectivity index (χ1v) is 6.58. The summed E-state index contributed by atoms with van der Waals surface area (Å²) in [5.41, 5.74) is 8.30. The zero-order valence-electron chi connectivity index (χ0n) is 11.6. The molecule has 1 aromatic rings. The molecule has 0 bridgehead atoms. The fourth-order valence-corrected chi connectivity index (χ4v) is 1.94. The molecule has 1 rings (SSSR count). The second-order valence-corrected chi connectivity index (χ2v) is 5.27. The van der Waals surface area contributed by atoms with Crippen LogP contribution >= 0.6 is 0 Å². The molecule has 100 valence electrons. The Morgan fingerprint density at radius 3 is 2.72 bits per heavy atom. The van der Waals surface area contributed by atoms with Crippen LogP contribution in [0.3, 0.4) is 0 Å². The van der Waals surface area contributed by atoms with E-state index in [1.54, 1.807) is 0 Å². The van der Waals surface area contributed by atoms with Crippen LogP contribution in [-0.4, -0.2) is 18.5 Å². The molecule has 0 aromatic heterocycles. The standard InChI is InChI=1S/C15H24N2O/c1-11(2)9-14(16)15(18)17-8-7-13-6-4-5-12(3)10-13/h4-6,10-11,14H,7-9,16H2,1-3H3,(H,17,18)/t14-/m0/s1. The highest BCUT2D eigenvalue weighted by atomic mass is 16.2. The van der Waals surface area contributed by atoms with Gasteiger partial charge in [-0.3, -0.25) is 4.79 Å². The maximum Gasteiger partial charge on any atom is 0.236 e. The number of hydrogen-bond donors (Lipinski definition) is 2. The Labute approximate surface area is 110 Å². The number of aryl methyl sites for hydroxylation is 1. The van der Waals surface area contributed by atoms with Crippen molar-refractivity contribution in [3.63, 3.8) is 0 Å². The summed E-state index contributed by atoms with van der Waals surface area (Å²) in [6.07, 6.45) is 1.58. The van der Waals surface area contributed by atoms with E-state index in [0.717, 1.165) is 12.8 Å². The summed E-state index contributed by atoms with van der Waals surface area (Å²) < 4.78 is 0. The normalized spacial score (nSPS) is 12.5. The van der Waals surface area contributed by atoms with E-state index in [1.807, 2.05) is 6.07 Å². The number of carbonyl (C=O) groups excluding carboxylic acids is 1. The molecule has 3 nitrogen and oxygen atoms in total. The summed E-state index contributed by atoms with van der Waals surface area (Å²) in [5, 5.41) is 2.89. The lowest BCUT2D eigenvalue weighted by molar-refractivity contribution is -0.122. The first-order valence-electron chi connectivity index (χ1n) is 6.58. The average molecular weight is 248 g/mol. The van der Waals surface area contributed by atoms with Gasteiger partial charge in [-0.2, -0.15) is 0 Å². The quantitative estimate of drug-likeness (QED) is 0.809. The molecule has 0 heterocycles. The van der Waals surface area contributed by atoms with Crippen molar-refractivity contribution >= 4 is 5.91 Å². The number of rotatable bonds is 6. The van der Waals surface area contributed by atoms with Crippen LogP contribution in [-0.2, 0) is 11.2 Å². The molecule has 3 heteroatoms. The first-order chi connectivity index (χ1) is 8.49. The molecule has 3 N–H and O–H groups in total. The SMILES string of the molecule is Cc1cccc(CCNC(=O)[C@@H](N)CC(C)C)c1. The van der Waals surface area contributed by atoms with Crippen molar-refractivity contribution in [2.24, 2.45) is 11.7 Å². The highest BCUT2D eigenvalue weighted by Gasteiger charge is 2.13. The van der Waals surface area contributed by atoms with E-state index in [9.17, 15) is 4.79 Å². The van der Waals surface area contributed by atoms with Crippen LogP contribution in [0.15, 0.2) is 24.3 Å². The van der Waals surface area contributed by atoms with E-state index in [2.05, 4.69) is 44.3 Å². The van der Waals surface area contributed by atoms with Crippen LogP contribution in [0.25, 0.3) is 0 Å². The number of carbonyl (C=O) groups is 1. The van der Waals surface area contributed by atoms with Gasteiger partial charge in [0.25, 0.3) is 0 Å². The number of benzene rings is 1. The molecule has 0 saturated heterocycles. The Morgan fingerprint density at radius 2 is 2.11 bits per heavy atom. The van der Waals surface area contributed by atoms with Crippen molar-refractivity contribution in [1.29, 1.82) is 0 Å². The predicted octanol–water partition coefficient (Wildman–Crippen LogP) is 2.03. The van der Waals surface area contributed by atoms with Crippen LogP contribution in [0.4, 0.5) is 0 Å². The Hall–Kier alpha value is -1.35. The van der Waals surface area contributed by atoms with E-state index in [0.29, 0.717) is 12.5 Å². The van der Waals surface area contributed by atoms with Crippen molar-refractivity contribution in [3.8, 4) is 0 Å². The van der Waals surface area contributed by atoms with E-state index < -0.39 is 0 Å². The van der Waals surface area contributed by atoms with Gasteiger partial charge in [0.2, 0.25) is 5.91 Å². The third-order valence-corrected chi connectivity index (χ3v) is 2.86. The minimum Gasteiger partial charge on any atom is -0.354 e. The molecule has 0 saturated carbocycles. The third kappa shape index (κ3) is 5.32.